The van der Waals surface area contributed by atoms with Gasteiger partial charge in [0, 0.05) is 76.0 Å². The van der Waals surface area contributed by atoms with Crippen LogP contribution in [0.3, 0.4) is 0 Å². The van der Waals surface area contributed by atoms with Crippen molar-refractivity contribution >= 4 is 166 Å². The molecule has 0 saturated heterocycles. The molecule has 10 atom stereocenters. The summed E-state index contributed by atoms with van der Waals surface area (Å²) in [6.07, 6.45) is 33.2. The second kappa shape index (κ2) is 48.3. The SMILES string of the molecule is C=Cc1c(C)c2cc3nc(c4c5[n-]c(cc6nc(cc1[n-]2)C(C)=C6CC)c(C)c5C(=O)C4C(=O)OC)C(CCC(=O)OC/C=C(\C)CCCC(C)CCCC(C)CCCC(C)C)C3C.C=Cc1c(C)c2cc3nc(c4c5[n-]c(cc6nc(cc1[n-]2)C(C=O)=C6CC)c(C)c5C(=O)C4C(=O)OC)C(CCC(=O)OC/C=C(\C)CCCC(C)CCCC(C)CCCC(C)C)C3C.[Mg+2].[Mg+2]. The Morgan fingerprint density at radius 2 is 0.802 bits per heavy atom. The molecular formula is C110H142Mg2N8O11. The molecule has 21 heteroatoms. The number of nitrogens with zero attached hydrogens (tertiary/aromatic N) is 8. The summed E-state index contributed by atoms with van der Waals surface area (Å²) in [6, 6.07) is 11.5. The molecule has 0 aromatic carbocycles. The van der Waals surface area contributed by atoms with E-state index in [4.69, 9.17) is 58.8 Å². The number of aromatic nitrogens is 8. The van der Waals surface area contributed by atoms with Gasteiger partial charge in [-0.15, -0.1) is 44.1 Å². The summed E-state index contributed by atoms with van der Waals surface area (Å²) in [4.78, 5) is 136. The predicted octanol–water partition coefficient (Wildman–Crippen LogP) is 24.9. The van der Waals surface area contributed by atoms with E-state index in [2.05, 4.69) is 103 Å². The van der Waals surface area contributed by atoms with E-state index in [0.29, 0.717) is 132 Å². The Bertz CT molecular complexity index is 5720. The number of esters is 4. The van der Waals surface area contributed by atoms with E-state index in [-0.39, 0.29) is 114 Å². The van der Waals surface area contributed by atoms with Crippen LogP contribution in [0.15, 0.2) is 72.9 Å². The van der Waals surface area contributed by atoms with Gasteiger partial charge in [-0.2, -0.15) is 0 Å². The topological polar surface area (TPSA) is 264 Å². The number of ether oxygens (including phenoxy) is 4. The van der Waals surface area contributed by atoms with E-state index in [0.717, 1.165) is 129 Å². The summed E-state index contributed by atoms with van der Waals surface area (Å²) in [5, 5.41) is 0. The van der Waals surface area contributed by atoms with Gasteiger partial charge in [-0.3, -0.25) is 43.5 Å². The van der Waals surface area contributed by atoms with Crippen molar-refractivity contribution in [2.45, 2.75) is 321 Å². The maximum atomic E-state index is 14.4. The molecule has 0 fully saturated rings. The maximum absolute atomic E-state index is 14.4. The van der Waals surface area contributed by atoms with Crippen molar-refractivity contribution in [3.8, 4) is 0 Å². The third kappa shape index (κ3) is 24.8. The first-order valence-corrected chi connectivity index (χ1v) is 48.1. The van der Waals surface area contributed by atoms with E-state index in [1.54, 1.807) is 12.1 Å². The molecule has 12 rings (SSSR count). The van der Waals surface area contributed by atoms with E-state index in [9.17, 15) is 33.6 Å². The zero-order valence-corrected chi connectivity index (χ0v) is 85.4. The number of fused-ring (bicyclic) bond motifs is 16. The van der Waals surface area contributed by atoms with Crippen molar-refractivity contribution in [3.63, 3.8) is 0 Å². The molecule has 131 heavy (non-hydrogen) atoms. The Morgan fingerprint density at radius 1 is 0.450 bits per heavy atom. The maximum Gasteiger partial charge on any atom is 2.00 e. The number of aryl methyl sites for hydroxylation is 4. The average molecular weight is 1800 g/mol. The van der Waals surface area contributed by atoms with E-state index in [1.165, 1.54) is 115 Å². The number of carbonyl (C=O) groups excluding carboxylic acids is 7. The van der Waals surface area contributed by atoms with Crippen molar-refractivity contribution < 1.29 is 52.5 Å². The van der Waals surface area contributed by atoms with Crippen molar-refractivity contribution in [2.75, 3.05) is 27.4 Å². The Balaban J connectivity index is 0.000000291. The molecule has 10 heterocycles. The third-order valence-electron chi connectivity index (χ3n) is 28.3. The molecule has 6 aliphatic rings. The fourth-order valence-corrected chi connectivity index (χ4v) is 20.1. The van der Waals surface area contributed by atoms with Gasteiger partial charge >= 0.3 is 70.0 Å². The summed E-state index contributed by atoms with van der Waals surface area (Å²) < 4.78 is 22.1. The molecule has 6 aromatic rings. The monoisotopic (exact) mass is 1800 g/mol. The molecule has 692 valence electrons. The average Bonchev–Trinajstić information content (AvgIpc) is 1.57. The third-order valence-corrected chi connectivity index (χ3v) is 28.3. The van der Waals surface area contributed by atoms with Crippen molar-refractivity contribution in [1.29, 1.82) is 0 Å². The molecule has 2 aliphatic carbocycles. The number of aldehydes is 1. The molecular weight excluding hydrogens is 1660 g/mol. The number of rotatable bonds is 41. The first kappa shape index (κ1) is 106. The van der Waals surface area contributed by atoms with Crippen LogP contribution in [0.2, 0.25) is 0 Å². The Labute approximate surface area is 811 Å². The van der Waals surface area contributed by atoms with Gasteiger partial charge in [-0.1, -0.05) is 262 Å². The molecule has 0 amide bonds. The first-order chi connectivity index (χ1) is 61.7. The smallest absolute Gasteiger partial charge is 0.657 e. The van der Waals surface area contributed by atoms with Crippen LogP contribution in [0.5, 0.6) is 0 Å². The van der Waals surface area contributed by atoms with Crippen molar-refractivity contribution in [2.24, 2.45) is 35.5 Å². The zero-order chi connectivity index (χ0) is 93.5. The summed E-state index contributed by atoms with van der Waals surface area (Å²) in [7, 11) is 2.57. The van der Waals surface area contributed by atoms with Gasteiger partial charge in [0.2, 0.25) is 0 Å². The molecule has 6 aromatic heterocycles. The molecule has 0 spiro atoms. The Morgan fingerprint density at radius 3 is 1.17 bits per heavy atom. The van der Waals surface area contributed by atoms with Gasteiger partial charge in [-0.05, 0) is 193 Å². The van der Waals surface area contributed by atoms with Crippen LogP contribution < -0.4 is 19.9 Å². The van der Waals surface area contributed by atoms with Gasteiger partial charge in [0.1, 0.15) is 25.0 Å². The molecule has 0 saturated carbocycles. The number of ketones is 2. The van der Waals surface area contributed by atoms with Gasteiger partial charge in [0.15, 0.2) is 17.9 Å². The summed E-state index contributed by atoms with van der Waals surface area (Å²) >= 11 is 0. The first-order valence-electron chi connectivity index (χ1n) is 48.1. The fraction of sp³-hybridized carbons (Fsp3) is 0.536. The minimum Gasteiger partial charge on any atom is -0.657 e. The van der Waals surface area contributed by atoms with Crippen LogP contribution >= 0.6 is 0 Å². The fourth-order valence-electron chi connectivity index (χ4n) is 20.1. The summed E-state index contributed by atoms with van der Waals surface area (Å²) in [6.45, 7) is 49.6. The second-order valence-corrected chi connectivity index (χ2v) is 38.8. The van der Waals surface area contributed by atoms with Crippen LogP contribution in [0.4, 0.5) is 0 Å². The molecule has 19 nitrogen and oxygen atoms in total. The molecule has 4 aliphatic heterocycles. The van der Waals surface area contributed by atoms with Crippen LogP contribution in [0.1, 0.15) is 404 Å². The molecule has 10 unspecified atom stereocenters. The largest absolute Gasteiger partial charge is 2.00 e. The van der Waals surface area contributed by atoms with Gasteiger partial charge < -0.3 is 38.9 Å². The van der Waals surface area contributed by atoms with Crippen LogP contribution in [-0.2, 0) is 42.9 Å². The Kier molecular flexibility index (Phi) is 39.0. The molecule has 0 N–H and O–H groups in total. The summed E-state index contributed by atoms with van der Waals surface area (Å²) in [5.74, 6) is -1.69. The second-order valence-electron chi connectivity index (χ2n) is 38.8. The summed E-state index contributed by atoms with van der Waals surface area (Å²) in [5.41, 5.74) is 22.2. The zero-order valence-electron chi connectivity index (χ0n) is 82.6. The van der Waals surface area contributed by atoms with Crippen molar-refractivity contribution in [3.05, 3.63) is 174 Å². The van der Waals surface area contributed by atoms with Crippen molar-refractivity contribution in [1.82, 2.24) is 39.9 Å². The van der Waals surface area contributed by atoms with Gasteiger partial charge in [-0.25, -0.2) is 9.97 Å². The molecule has 0 radical (unpaired) electrons. The number of hydrogen-bond acceptors (Lipinski definition) is 15. The number of methoxy groups -OCH3 is 2. The van der Waals surface area contributed by atoms with Crippen LogP contribution in [0, 0.1) is 63.2 Å². The quantitative estimate of drug-likeness (QED) is 0.00862. The minimum absolute atomic E-state index is 0. The number of carbonyl (C=O) groups is 7. The van der Waals surface area contributed by atoms with Gasteiger partial charge in [0.05, 0.1) is 37.0 Å². The number of allylic oxidation sites excluding steroid dienone is 6. The van der Waals surface area contributed by atoms with E-state index in [1.807, 2.05) is 90.1 Å². The van der Waals surface area contributed by atoms with Crippen LogP contribution in [0.25, 0.3) is 78.6 Å². The van der Waals surface area contributed by atoms with E-state index < -0.39 is 29.6 Å². The number of hydrogen-bond donors (Lipinski definition) is 0. The predicted molar refractivity (Wildman–Crippen MR) is 532 cm³/mol. The van der Waals surface area contributed by atoms with Gasteiger partial charge in [0.25, 0.3) is 0 Å². The standard InChI is InChI=1S/C55H71N4O6.C55H73N4O5.2Mg/c1-12-38-35(8)42-27-43-36(9)40(23-24-48(61)65-26-25-34(7)22-16-21-33(6)20-15-19-32(5)18-14-17-31(3)4)52(58-43)50-51(55(63)64-11)54(62)49-37(10)44(59-53(49)50)28-46-39(13-2)41(30-60)47(57-46)29-45(38)56-42;1-13-39-35(8)42-28-44-37(10)41(24-25-48(60)64-27-26-34(7)23-17-22-33(6)21-16-20-32(5)19-15-18-31(3)4)52(58-44)50-51(55(62)63-12)54(61)49-38(11)45(59-53(49)50)30-47-40(14-2)36(9)43(57-47)29-46(39)56-42;;/h12,25,27-33,36,40,51H,1,13-24,26H2,2-11H3,(H-,56,57,58,59,60,62);13,26,28-33,37,41,51H,1,14-25,27H2,2-12H3,(H-,56,57,58,59,61);;/q2*-1;2*+2/p-2/b34-25+;34-26+;;. The molecule has 16 bridgehead atoms. The van der Waals surface area contributed by atoms with Crippen LogP contribution in [-0.4, -0.2) is 135 Å². The number of Topliss-reactive ketones (excluding diaryl/α,β-unsaturated/α-hetero) is 2. The minimum atomic E-state index is -1.27. The Hall–Kier alpha value is -8.90. The van der Waals surface area contributed by atoms with E-state index >= 15 is 0 Å². The normalized spacial score (nSPS) is 17.9.